The third kappa shape index (κ3) is 3.11. The number of anilines is 1. The molecule has 9 nitrogen and oxygen atoms in total. The molecule has 0 fully saturated rings. The molecule has 29 heavy (non-hydrogen) atoms. The number of benzene rings is 2. The minimum absolute atomic E-state index is 0.0327. The minimum atomic E-state index is -0.477. The summed E-state index contributed by atoms with van der Waals surface area (Å²) in [5.41, 5.74) is 0.653. The summed E-state index contributed by atoms with van der Waals surface area (Å²) in [5, 5.41) is 22.7. The quantitative estimate of drug-likeness (QED) is 0.334. The molecule has 0 radical (unpaired) electrons. The zero-order valence-electron chi connectivity index (χ0n) is 14.5. The SMILES string of the molecule is O=C(Nc1nnc(-c2cc3ccccc3o2)o1)c1cc2cc([N+](=O)[O-])ccc2s1. The van der Waals surface area contributed by atoms with Gasteiger partial charge in [-0.3, -0.25) is 20.2 Å². The Morgan fingerprint density at radius 2 is 1.90 bits per heavy atom. The zero-order chi connectivity index (χ0) is 20.0. The molecule has 0 saturated carbocycles. The summed E-state index contributed by atoms with van der Waals surface area (Å²) >= 11 is 1.21. The fraction of sp³-hybridized carbons (Fsp3) is 0. The van der Waals surface area contributed by atoms with Crippen LogP contribution in [0.2, 0.25) is 0 Å². The molecule has 0 aliphatic rings. The maximum atomic E-state index is 12.5. The van der Waals surface area contributed by atoms with E-state index in [1.165, 1.54) is 23.5 Å². The van der Waals surface area contributed by atoms with E-state index in [4.69, 9.17) is 8.83 Å². The summed E-state index contributed by atoms with van der Waals surface area (Å²) in [5.74, 6) is 0.0884. The zero-order valence-corrected chi connectivity index (χ0v) is 15.3. The van der Waals surface area contributed by atoms with Gasteiger partial charge in [0, 0.05) is 27.6 Å². The van der Waals surface area contributed by atoms with Crippen molar-refractivity contribution < 1.29 is 18.6 Å². The van der Waals surface area contributed by atoms with Crippen molar-refractivity contribution >= 4 is 50.0 Å². The van der Waals surface area contributed by atoms with E-state index < -0.39 is 10.8 Å². The topological polar surface area (TPSA) is 124 Å². The number of carbonyl (C=O) groups excluding carboxylic acids is 1. The lowest BCUT2D eigenvalue weighted by atomic mass is 10.2. The summed E-state index contributed by atoms with van der Waals surface area (Å²) < 4.78 is 11.9. The van der Waals surface area contributed by atoms with E-state index in [1.54, 1.807) is 18.2 Å². The molecule has 3 heterocycles. The summed E-state index contributed by atoms with van der Waals surface area (Å²) in [4.78, 5) is 23.3. The molecule has 5 rings (SSSR count). The number of rotatable bonds is 4. The van der Waals surface area contributed by atoms with Crippen molar-refractivity contribution in [2.24, 2.45) is 0 Å². The lowest BCUT2D eigenvalue weighted by Crippen LogP contribution is -2.10. The Morgan fingerprint density at radius 1 is 1.03 bits per heavy atom. The Morgan fingerprint density at radius 3 is 2.72 bits per heavy atom. The molecular formula is C19H10N4O5S. The van der Waals surface area contributed by atoms with Gasteiger partial charge in [0.2, 0.25) is 0 Å². The van der Waals surface area contributed by atoms with Crippen molar-refractivity contribution in [1.82, 2.24) is 10.2 Å². The second kappa shape index (κ2) is 6.53. The number of amides is 1. The average Bonchev–Trinajstić information content (AvgIpc) is 3.44. The van der Waals surface area contributed by atoms with Crippen molar-refractivity contribution in [2.75, 3.05) is 5.32 Å². The second-order valence-corrected chi connectivity index (χ2v) is 7.19. The van der Waals surface area contributed by atoms with Crippen LogP contribution in [0.15, 0.2) is 63.4 Å². The third-order valence-corrected chi connectivity index (χ3v) is 5.33. The highest BCUT2D eigenvalue weighted by Crippen LogP contribution is 2.30. The first-order valence-corrected chi connectivity index (χ1v) is 9.20. The first-order valence-electron chi connectivity index (χ1n) is 8.38. The van der Waals surface area contributed by atoms with Gasteiger partial charge in [0.25, 0.3) is 17.5 Å². The van der Waals surface area contributed by atoms with E-state index in [0.29, 0.717) is 21.6 Å². The predicted molar refractivity (Wildman–Crippen MR) is 106 cm³/mol. The molecule has 142 valence electrons. The van der Waals surface area contributed by atoms with E-state index in [2.05, 4.69) is 15.5 Å². The van der Waals surface area contributed by atoms with Crippen LogP contribution >= 0.6 is 11.3 Å². The summed E-state index contributed by atoms with van der Waals surface area (Å²) in [6, 6.07) is 15.2. The van der Waals surface area contributed by atoms with Crippen LogP contribution in [0.25, 0.3) is 32.7 Å². The van der Waals surface area contributed by atoms with Crippen molar-refractivity contribution in [3.8, 4) is 11.7 Å². The molecule has 0 aliphatic heterocycles. The molecule has 0 spiro atoms. The van der Waals surface area contributed by atoms with Gasteiger partial charge >= 0.3 is 6.01 Å². The van der Waals surface area contributed by atoms with Gasteiger partial charge < -0.3 is 8.83 Å². The first kappa shape index (κ1) is 17.1. The van der Waals surface area contributed by atoms with Gasteiger partial charge in [-0.25, -0.2) is 0 Å². The molecule has 0 bridgehead atoms. The number of aromatic nitrogens is 2. The van der Waals surface area contributed by atoms with Crippen molar-refractivity contribution in [3.63, 3.8) is 0 Å². The molecule has 1 amide bonds. The lowest BCUT2D eigenvalue weighted by Gasteiger charge is -1.95. The van der Waals surface area contributed by atoms with E-state index in [1.807, 2.05) is 24.3 Å². The van der Waals surface area contributed by atoms with Crippen LogP contribution < -0.4 is 5.32 Å². The van der Waals surface area contributed by atoms with Crippen LogP contribution in [0.5, 0.6) is 0 Å². The van der Waals surface area contributed by atoms with Crippen molar-refractivity contribution in [3.05, 3.63) is 69.6 Å². The molecular weight excluding hydrogens is 396 g/mol. The maximum absolute atomic E-state index is 12.5. The van der Waals surface area contributed by atoms with Gasteiger partial charge in [-0.2, -0.15) is 0 Å². The van der Waals surface area contributed by atoms with Crippen molar-refractivity contribution in [1.29, 1.82) is 0 Å². The van der Waals surface area contributed by atoms with E-state index in [9.17, 15) is 14.9 Å². The molecule has 0 saturated heterocycles. The van der Waals surface area contributed by atoms with Gasteiger partial charge in [-0.15, -0.1) is 16.4 Å². The lowest BCUT2D eigenvalue weighted by molar-refractivity contribution is -0.384. The Bertz CT molecular complexity index is 1370. The Balaban J connectivity index is 1.38. The number of thiophene rings is 1. The smallest absolute Gasteiger partial charge is 0.322 e. The van der Waals surface area contributed by atoms with Crippen LogP contribution in [-0.2, 0) is 0 Å². The van der Waals surface area contributed by atoms with Gasteiger partial charge in [-0.05, 0) is 24.3 Å². The number of furan rings is 1. The highest BCUT2D eigenvalue weighted by atomic mass is 32.1. The minimum Gasteiger partial charge on any atom is -0.451 e. The second-order valence-electron chi connectivity index (χ2n) is 6.10. The van der Waals surface area contributed by atoms with Crippen LogP contribution in [-0.4, -0.2) is 21.0 Å². The maximum Gasteiger partial charge on any atom is 0.322 e. The van der Waals surface area contributed by atoms with E-state index in [-0.39, 0.29) is 17.6 Å². The molecule has 0 unspecified atom stereocenters. The number of non-ortho nitro benzene ring substituents is 1. The van der Waals surface area contributed by atoms with Crippen LogP contribution in [0.1, 0.15) is 9.67 Å². The molecule has 2 aromatic carbocycles. The Labute approximate surface area is 165 Å². The fourth-order valence-corrected chi connectivity index (χ4v) is 3.81. The first-order chi connectivity index (χ1) is 14.1. The van der Waals surface area contributed by atoms with Crippen LogP contribution in [0.3, 0.4) is 0 Å². The van der Waals surface area contributed by atoms with E-state index in [0.717, 1.165) is 10.1 Å². The molecule has 1 N–H and O–H groups in total. The number of nitro benzene ring substituents is 1. The summed E-state index contributed by atoms with van der Waals surface area (Å²) in [7, 11) is 0. The number of hydrogen-bond acceptors (Lipinski definition) is 8. The molecule has 0 atom stereocenters. The number of nitrogens with one attached hydrogen (secondary N) is 1. The van der Waals surface area contributed by atoms with Gasteiger partial charge in [-0.1, -0.05) is 23.3 Å². The van der Waals surface area contributed by atoms with E-state index >= 15 is 0 Å². The Kier molecular flexibility index (Phi) is 3.85. The van der Waals surface area contributed by atoms with Gasteiger partial charge in [0.15, 0.2) is 5.76 Å². The number of fused-ring (bicyclic) bond motifs is 2. The summed E-state index contributed by atoms with van der Waals surface area (Å²) in [6.07, 6.45) is 0. The molecule has 0 aliphatic carbocycles. The third-order valence-electron chi connectivity index (χ3n) is 4.22. The predicted octanol–water partition coefficient (Wildman–Crippen LogP) is 4.86. The molecule has 3 aromatic heterocycles. The Hall–Kier alpha value is -4.05. The normalized spacial score (nSPS) is 11.2. The van der Waals surface area contributed by atoms with Crippen LogP contribution in [0, 0.1) is 10.1 Å². The average molecular weight is 406 g/mol. The van der Waals surface area contributed by atoms with Crippen LogP contribution in [0.4, 0.5) is 11.7 Å². The van der Waals surface area contributed by atoms with Gasteiger partial charge in [0.05, 0.1) is 9.80 Å². The fourth-order valence-electron chi connectivity index (χ4n) is 2.88. The number of para-hydroxylation sites is 1. The summed E-state index contributed by atoms with van der Waals surface area (Å²) in [6.45, 7) is 0. The van der Waals surface area contributed by atoms with Gasteiger partial charge in [0.1, 0.15) is 5.58 Å². The number of nitro groups is 1. The highest BCUT2D eigenvalue weighted by Gasteiger charge is 2.18. The number of hydrogen-bond donors (Lipinski definition) is 1. The largest absolute Gasteiger partial charge is 0.451 e. The molecule has 5 aromatic rings. The molecule has 10 heteroatoms. The van der Waals surface area contributed by atoms with Crippen molar-refractivity contribution in [2.45, 2.75) is 0 Å². The number of carbonyl (C=O) groups is 1. The number of nitrogens with zero attached hydrogens (tertiary/aromatic N) is 3. The highest BCUT2D eigenvalue weighted by molar-refractivity contribution is 7.20. The monoisotopic (exact) mass is 406 g/mol. The standard InChI is InChI=1S/C19H10N4O5S/c24-17(16-9-11-7-12(23(25)26)5-6-15(11)29-16)20-19-22-21-18(28-19)14-8-10-3-1-2-4-13(10)27-14/h1-9H,(H,20,22,24).